The highest BCUT2D eigenvalue weighted by Gasteiger charge is 2.41. The third kappa shape index (κ3) is 3.25. The van der Waals surface area contributed by atoms with Gasteiger partial charge < -0.3 is 4.74 Å². The fourth-order valence-corrected chi connectivity index (χ4v) is 5.02. The lowest BCUT2D eigenvalue weighted by Crippen LogP contribution is -2.31. The van der Waals surface area contributed by atoms with Crippen LogP contribution < -0.4 is 4.74 Å². The van der Waals surface area contributed by atoms with Crippen molar-refractivity contribution in [2.75, 3.05) is 0 Å². The van der Waals surface area contributed by atoms with Gasteiger partial charge in [0.15, 0.2) is 5.78 Å². The maximum Gasteiger partial charge on any atom is 0.164 e. The summed E-state index contributed by atoms with van der Waals surface area (Å²) >= 11 is 1.82. The first-order chi connectivity index (χ1) is 12.0. The molecule has 0 spiro atoms. The standard InChI is InChI=1S/C22H22O2S/c1-22(2)12-17(23)20-19(13-22)24-18-11-7-6-10-16(18)21(20)25-14-15-8-4-3-5-9-15/h3-11,21H,12-14H2,1-2H3. The minimum atomic E-state index is -0.0309. The Labute approximate surface area is 153 Å². The summed E-state index contributed by atoms with van der Waals surface area (Å²) in [6, 6.07) is 18.6. The molecule has 2 aliphatic rings. The first-order valence-electron chi connectivity index (χ1n) is 8.72. The van der Waals surface area contributed by atoms with Crippen LogP contribution in [-0.2, 0) is 10.5 Å². The van der Waals surface area contributed by atoms with Gasteiger partial charge in [-0.05, 0) is 17.0 Å². The van der Waals surface area contributed by atoms with E-state index in [0.29, 0.717) is 6.42 Å². The largest absolute Gasteiger partial charge is 0.461 e. The van der Waals surface area contributed by atoms with Gasteiger partial charge in [-0.25, -0.2) is 0 Å². The van der Waals surface area contributed by atoms with E-state index < -0.39 is 0 Å². The molecule has 3 heteroatoms. The molecule has 1 aliphatic carbocycles. The Hall–Kier alpha value is -2.00. The molecule has 0 fully saturated rings. The van der Waals surface area contributed by atoms with Gasteiger partial charge in [-0.2, -0.15) is 0 Å². The lowest BCUT2D eigenvalue weighted by atomic mass is 9.74. The quantitative estimate of drug-likeness (QED) is 0.710. The predicted octanol–water partition coefficient (Wildman–Crippen LogP) is 5.70. The molecule has 25 heavy (non-hydrogen) atoms. The molecule has 0 aromatic heterocycles. The van der Waals surface area contributed by atoms with E-state index in [0.717, 1.165) is 34.8 Å². The molecule has 0 amide bonds. The number of carbonyl (C=O) groups is 1. The van der Waals surface area contributed by atoms with Crippen LogP contribution in [-0.4, -0.2) is 5.78 Å². The minimum Gasteiger partial charge on any atom is -0.461 e. The summed E-state index contributed by atoms with van der Waals surface area (Å²) in [4.78, 5) is 12.9. The van der Waals surface area contributed by atoms with Crippen molar-refractivity contribution in [2.45, 2.75) is 37.7 Å². The summed E-state index contributed by atoms with van der Waals surface area (Å²) in [6.07, 6.45) is 1.42. The molecule has 0 radical (unpaired) electrons. The van der Waals surface area contributed by atoms with Gasteiger partial charge in [-0.3, -0.25) is 4.79 Å². The van der Waals surface area contributed by atoms with E-state index in [1.807, 2.05) is 36.0 Å². The monoisotopic (exact) mass is 350 g/mol. The maximum atomic E-state index is 12.9. The maximum absolute atomic E-state index is 12.9. The second-order valence-electron chi connectivity index (χ2n) is 7.59. The Morgan fingerprint density at radius 3 is 2.56 bits per heavy atom. The molecule has 1 heterocycles. The van der Waals surface area contributed by atoms with E-state index in [1.54, 1.807) is 0 Å². The molecule has 2 nitrogen and oxygen atoms in total. The number of ketones is 1. The SMILES string of the molecule is CC1(C)CC(=O)C2=C(C1)Oc1ccccc1C2SCc1ccccc1. The molecule has 4 rings (SSSR count). The molecule has 0 saturated carbocycles. The van der Waals surface area contributed by atoms with Crippen molar-refractivity contribution in [1.29, 1.82) is 0 Å². The number of allylic oxidation sites excluding steroid dienone is 1. The second kappa shape index (κ2) is 6.38. The van der Waals surface area contributed by atoms with Crippen LogP contribution in [0.15, 0.2) is 65.9 Å². The molecule has 2 aromatic carbocycles. The smallest absolute Gasteiger partial charge is 0.164 e. The van der Waals surface area contributed by atoms with Crippen LogP contribution >= 0.6 is 11.8 Å². The zero-order valence-electron chi connectivity index (χ0n) is 14.6. The molecule has 0 bridgehead atoms. The van der Waals surface area contributed by atoms with Gasteiger partial charge in [-0.15, -0.1) is 11.8 Å². The van der Waals surface area contributed by atoms with Gasteiger partial charge in [0, 0.05) is 24.2 Å². The van der Waals surface area contributed by atoms with Crippen molar-refractivity contribution >= 4 is 17.5 Å². The van der Waals surface area contributed by atoms with Crippen LogP contribution in [0.2, 0.25) is 0 Å². The van der Waals surface area contributed by atoms with Gasteiger partial charge in [0.1, 0.15) is 11.5 Å². The van der Waals surface area contributed by atoms with Crippen molar-refractivity contribution in [3.05, 3.63) is 77.1 Å². The van der Waals surface area contributed by atoms with E-state index in [4.69, 9.17) is 4.74 Å². The average Bonchev–Trinajstić information content (AvgIpc) is 2.58. The van der Waals surface area contributed by atoms with E-state index in [9.17, 15) is 4.79 Å². The van der Waals surface area contributed by atoms with E-state index in [1.165, 1.54) is 5.56 Å². The van der Waals surface area contributed by atoms with Crippen LogP contribution in [0.5, 0.6) is 5.75 Å². The summed E-state index contributed by atoms with van der Waals surface area (Å²) in [5.74, 6) is 2.90. The first-order valence-corrected chi connectivity index (χ1v) is 9.77. The Balaban J connectivity index is 1.71. The number of Topliss-reactive ketones (excluding diaryl/α,β-unsaturated/α-hetero) is 1. The normalized spacial score (nSPS) is 21.4. The van der Waals surface area contributed by atoms with Crippen molar-refractivity contribution in [3.8, 4) is 5.75 Å². The lowest BCUT2D eigenvalue weighted by Gasteiger charge is -2.37. The van der Waals surface area contributed by atoms with Crippen molar-refractivity contribution < 1.29 is 9.53 Å². The number of hydrogen-bond acceptors (Lipinski definition) is 3. The Kier molecular flexibility index (Phi) is 4.20. The van der Waals surface area contributed by atoms with Gasteiger partial charge in [0.2, 0.25) is 0 Å². The third-order valence-corrected chi connectivity index (χ3v) is 6.16. The number of rotatable bonds is 3. The molecule has 0 saturated heterocycles. The second-order valence-corrected chi connectivity index (χ2v) is 8.69. The number of para-hydroxylation sites is 1. The van der Waals surface area contributed by atoms with E-state index in [2.05, 4.69) is 44.2 Å². The molecular formula is C22H22O2S. The van der Waals surface area contributed by atoms with Gasteiger partial charge in [-0.1, -0.05) is 62.4 Å². The topological polar surface area (TPSA) is 26.3 Å². The summed E-state index contributed by atoms with van der Waals surface area (Å²) in [5, 5.41) is 0.0590. The van der Waals surface area contributed by atoms with Gasteiger partial charge in [0.25, 0.3) is 0 Å². The number of benzene rings is 2. The number of fused-ring (bicyclic) bond motifs is 1. The molecule has 1 atom stereocenters. The highest BCUT2D eigenvalue weighted by molar-refractivity contribution is 7.99. The molecule has 1 unspecified atom stereocenters. The van der Waals surface area contributed by atoms with Gasteiger partial charge in [0.05, 0.1) is 10.8 Å². The summed E-state index contributed by atoms with van der Waals surface area (Å²) in [6.45, 7) is 4.29. The Morgan fingerprint density at radius 2 is 1.76 bits per heavy atom. The zero-order chi connectivity index (χ0) is 17.4. The van der Waals surface area contributed by atoms with E-state index >= 15 is 0 Å². The van der Waals surface area contributed by atoms with Crippen LogP contribution in [0.25, 0.3) is 0 Å². The highest BCUT2D eigenvalue weighted by Crippen LogP contribution is 2.52. The Bertz CT molecular complexity index is 836. The number of thioether (sulfide) groups is 1. The number of ether oxygens (including phenoxy) is 1. The number of carbonyl (C=O) groups excluding carboxylic acids is 1. The summed E-state index contributed by atoms with van der Waals surface area (Å²) in [5.41, 5.74) is 3.26. The Morgan fingerprint density at radius 1 is 1.04 bits per heavy atom. The number of hydrogen-bond donors (Lipinski definition) is 0. The van der Waals surface area contributed by atoms with Crippen LogP contribution in [0.4, 0.5) is 0 Å². The average molecular weight is 350 g/mol. The fraction of sp³-hybridized carbons (Fsp3) is 0.318. The van der Waals surface area contributed by atoms with Gasteiger partial charge >= 0.3 is 0 Å². The van der Waals surface area contributed by atoms with Crippen molar-refractivity contribution in [3.63, 3.8) is 0 Å². The van der Waals surface area contributed by atoms with Crippen LogP contribution in [0.3, 0.4) is 0 Å². The molecule has 0 N–H and O–H groups in total. The highest BCUT2D eigenvalue weighted by atomic mass is 32.2. The van der Waals surface area contributed by atoms with Crippen LogP contribution in [0, 0.1) is 5.41 Å². The molecular weight excluding hydrogens is 328 g/mol. The lowest BCUT2D eigenvalue weighted by molar-refractivity contribution is -0.118. The van der Waals surface area contributed by atoms with E-state index in [-0.39, 0.29) is 16.4 Å². The predicted molar refractivity (Wildman–Crippen MR) is 103 cm³/mol. The fourth-order valence-electron chi connectivity index (χ4n) is 3.67. The summed E-state index contributed by atoms with van der Waals surface area (Å²) in [7, 11) is 0. The molecule has 128 valence electrons. The zero-order valence-corrected chi connectivity index (χ0v) is 15.4. The third-order valence-electron chi connectivity index (χ3n) is 4.84. The first kappa shape index (κ1) is 16.5. The van der Waals surface area contributed by atoms with Crippen molar-refractivity contribution in [1.82, 2.24) is 0 Å². The molecule has 1 aliphatic heterocycles. The van der Waals surface area contributed by atoms with Crippen molar-refractivity contribution in [2.24, 2.45) is 5.41 Å². The molecule has 2 aromatic rings. The van der Waals surface area contributed by atoms with Crippen LogP contribution in [0.1, 0.15) is 43.1 Å². The minimum absolute atomic E-state index is 0.0309. The summed E-state index contributed by atoms with van der Waals surface area (Å²) < 4.78 is 6.17.